The highest BCUT2D eigenvalue weighted by Crippen LogP contribution is 2.46. The normalized spacial score (nSPS) is 33.4. The van der Waals surface area contributed by atoms with Gasteiger partial charge in [0.2, 0.25) is 0 Å². The fourth-order valence-corrected chi connectivity index (χ4v) is 3.50. The predicted molar refractivity (Wildman–Crippen MR) is 82.3 cm³/mol. The van der Waals surface area contributed by atoms with Crippen molar-refractivity contribution < 1.29 is 14.2 Å². The van der Waals surface area contributed by atoms with Crippen molar-refractivity contribution in [3.8, 4) is 0 Å². The van der Waals surface area contributed by atoms with Gasteiger partial charge in [0.15, 0.2) is 5.79 Å². The summed E-state index contributed by atoms with van der Waals surface area (Å²) in [6.45, 7) is 6.57. The Morgan fingerprint density at radius 2 is 2.05 bits per heavy atom. The van der Waals surface area contributed by atoms with E-state index < -0.39 is 5.79 Å². The average Bonchev–Trinajstić information content (AvgIpc) is 2.94. The van der Waals surface area contributed by atoms with Gasteiger partial charge in [0, 0.05) is 17.8 Å². The molecular formula is C16H25N3O3. The predicted octanol–water partition coefficient (Wildman–Crippen LogP) is 3.86. The van der Waals surface area contributed by atoms with E-state index in [1.165, 1.54) is 6.42 Å². The van der Waals surface area contributed by atoms with Gasteiger partial charge in [-0.3, -0.25) is 0 Å². The first-order valence-corrected chi connectivity index (χ1v) is 8.17. The minimum absolute atomic E-state index is 0.143. The Hall–Kier alpha value is -1.07. The van der Waals surface area contributed by atoms with Crippen molar-refractivity contribution >= 4 is 0 Å². The van der Waals surface area contributed by atoms with Crippen LogP contribution in [0.2, 0.25) is 0 Å². The SMILES string of the molecule is CC(C)(C)OCC1=C[C@H](N=[N+]=[N-])C2OC3(CCCCC3)O[C@@H]12. The van der Waals surface area contributed by atoms with Crippen LogP contribution in [-0.4, -0.2) is 36.2 Å². The van der Waals surface area contributed by atoms with Gasteiger partial charge in [-0.15, -0.1) is 0 Å². The molecule has 0 radical (unpaired) electrons. The van der Waals surface area contributed by atoms with Crippen LogP contribution >= 0.6 is 0 Å². The summed E-state index contributed by atoms with van der Waals surface area (Å²) in [5.41, 5.74) is 9.62. The molecule has 0 amide bonds. The molecule has 1 saturated carbocycles. The molecule has 22 heavy (non-hydrogen) atoms. The fraction of sp³-hybridized carbons (Fsp3) is 0.875. The summed E-state index contributed by atoms with van der Waals surface area (Å²) >= 11 is 0. The Morgan fingerprint density at radius 1 is 1.32 bits per heavy atom. The number of fused-ring (bicyclic) bond motifs is 1. The average molecular weight is 307 g/mol. The van der Waals surface area contributed by atoms with Gasteiger partial charge < -0.3 is 14.2 Å². The molecule has 0 bridgehead atoms. The van der Waals surface area contributed by atoms with Crippen molar-refractivity contribution in [1.29, 1.82) is 0 Å². The van der Waals surface area contributed by atoms with E-state index in [9.17, 15) is 0 Å². The standard InChI is InChI=1S/C16H25N3O3/c1-15(2,3)20-10-11-9-12(18-19-17)14-13(11)21-16(22-14)7-5-4-6-8-16/h9,12-14H,4-8,10H2,1-3H3/t12-,13-,14?/m0/s1. The first-order valence-electron chi connectivity index (χ1n) is 8.17. The monoisotopic (exact) mass is 307 g/mol. The van der Waals surface area contributed by atoms with Gasteiger partial charge in [-0.05, 0) is 44.7 Å². The molecule has 2 fully saturated rings. The lowest BCUT2D eigenvalue weighted by molar-refractivity contribution is -0.194. The van der Waals surface area contributed by atoms with Gasteiger partial charge >= 0.3 is 0 Å². The van der Waals surface area contributed by atoms with Gasteiger partial charge in [-0.2, -0.15) is 0 Å². The molecule has 6 heteroatoms. The van der Waals surface area contributed by atoms with Crippen LogP contribution in [0.4, 0.5) is 0 Å². The number of hydrogen-bond donors (Lipinski definition) is 0. The van der Waals surface area contributed by atoms with Crippen LogP contribution in [0, 0.1) is 0 Å². The molecule has 3 rings (SSSR count). The summed E-state index contributed by atoms with van der Waals surface area (Å²) in [4.78, 5) is 2.96. The highest BCUT2D eigenvalue weighted by molar-refractivity contribution is 5.27. The number of rotatable bonds is 3. The van der Waals surface area contributed by atoms with Crippen molar-refractivity contribution in [2.45, 2.75) is 82.5 Å². The van der Waals surface area contributed by atoms with Crippen LogP contribution in [0.3, 0.4) is 0 Å². The lowest BCUT2D eigenvalue weighted by atomic mass is 9.94. The van der Waals surface area contributed by atoms with Crippen molar-refractivity contribution in [1.82, 2.24) is 0 Å². The molecule has 0 aromatic carbocycles. The second-order valence-corrected chi connectivity index (χ2v) is 7.43. The molecular weight excluding hydrogens is 282 g/mol. The number of nitrogens with zero attached hydrogens (tertiary/aromatic N) is 3. The van der Waals surface area contributed by atoms with Crippen LogP contribution in [0.25, 0.3) is 10.4 Å². The number of ether oxygens (including phenoxy) is 3. The van der Waals surface area contributed by atoms with Crippen LogP contribution in [-0.2, 0) is 14.2 Å². The molecule has 0 aromatic rings. The molecule has 0 aromatic heterocycles. The number of hydrogen-bond acceptors (Lipinski definition) is 4. The molecule has 122 valence electrons. The first-order chi connectivity index (χ1) is 10.4. The first kappa shape index (κ1) is 15.8. The lowest BCUT2D eigenvalue weighted by Gasteiger charge is -2.33. The van der Waals surface area contributed by atoms with Gasteiger partial charge in [-0.25, -0.2) is 0 Å². The van der Waals surface area contributed by atoms with Crippen LogP contribution < -0.4 is 0 Å². The van der Waals surface area contributed by atoms with Crippen LogP contribution in [0.15, 0.2) is 16.8 Å². The maximum absolute atomic E-state index is 8.80. The van der Waals surface area contributed by atoms with Crippen molar-refractivity contribution in [2.75, 3.05) is 6.61 Å². The van der Waals surface area contributed by atoms with Gasteiger partial charge in [0.05, 0.1) is 18.2 Å². The van der Waals surface area contributed by atoms with E-state index in [2.05, 4.69) is 10.0 Å². The summed E-state index contributed by atoms with van der Waals surface area (Å²) < 4.78 is 18.4. The minimum Gasteiger partial charge on any atom is -0.371 e. The molecule has 1 unspecified atom stereocenters. The quantitative estimate of drug-likeness (QED) is 0.344. The Balaban J connectivity index is 1.76. The van der Waals surface area contributed by atoms with Gasteiger partial charge in [0.1, 0.15) is 12.2 Å². The van der Waals surface area contributed by atoms with E-state index in [1.54, 1.807) is 0 Å². The summed E-state index contributed by atoms with van der Waals surface area (Å²) in [5.74, 6) is -0.474. The molecule has 0 N–H and O–H groups in total. The maximum atomic E-state index is 8.80. The summed E-state index contributed by atoms with van der Waals surface area (Å²) in [5, 5.41) is 3.88. The van der Waals surface area contributed by atoms with Gasteiger partial charge in [-0.1, -0.05) is 17.6 Å². The Morgan fingerprint density at radius 3 is 2.68 bits per heavy atom. The highest BCUT2D eigenvalue weighted by Gasteiger charge is 2.53. The second kappa shape index (κ2) is 5.85. The zero-order valence-corrected chi connectivity index (χ0v) is 13.6. The minimum atomic E-state index is -0.474. The van der Waals surface area contributed by atoms with E-state index in [-0.39, 0.29) is 23.9 Å². The molecule has 1 heterocycles. The Kier molecular flexibility index (Phi) is 4.21. The van der Waals surface area contributed by atoms with Gasteiger partial charge in [0.25, 0.3) is 0 Å². The summed E-state index contributed by atoms with van der Waals surface area (Å²) in [6.07, 6.45) is 6.96. The zero-order valence-electron chi connectivity index (χ0n) is 13.6. The molecule has 6 nitrogen and oxygen atoms in total. The van der Waals surface area contributed by atoms with Crippen LogP contribution in [0.5, 0.6) is 0 Å². The maximum Gasteiger partial charge on any atom is 0.169 e. The smallest absolute Gasteiger partial charge is 0.169 e. The van der Waals surface area contributed by atoms with Crippen molar-refractivity contribution in [3.05, 3.63) is 22.1 Å². The molecule has 1 spiro atoms. The third kappa shape index (κ3) is 3.15. The Bertz CT molecular complexity index is 499. The molecule has 3 aliphatic rings. The molecule has 1 saturated heterocycles. The van der Waals surface area contributed by atoms with E-state index in [1.807, 2.05) is 26.8 Å². The topological polar surface area (TPSA) is 76.5 Å². The van der Waals surface area contributed by atoms with Crippen LogP contribution in [0.1, 0.15) is 52.9 Å². The van der Waals surface area contributed by atoms with E-state index in [0.29, 0.717) is 6.61 Å². The highest BCUT2D eigenvalue weighted by atomic mass is 16.8. The molecule has 2 aliphatic carbocycles. The largest absolute Gasteiger partial charge is 0.371 e. The van der Waals surface area contributed by atoms with Crippen molar-refractivity contribution in [3.63, 3.8) is 0 Å². The summed E-state index contributed by atoms with van der Waals surface area (Å²) in [6, 6.07) is -0.296. The lowest BCUT2D eigenvalue weighted by Crippen LogP contribution is -2.35. The van der Waals surface area contributed by atoms with E-state index in [4.69, 9.17) is 19.7 Å². The third-order valence-corrected chi connectivity index (χ3v) is 4.55. The second-order valence-electron chi connectivity index (χ2n) is 7.43. The molecule has 3 atom stereocenters. The van der Waals surface area contributed by atoms with Crippen molar-refractivity contribution in [2.24, 2.45) is 5.11 Å². The van der Waals surface area contributed by atoms with E-state index >= 15 is 0 Å². The number of azide groups is 1. The zero-order chi connectivity index (χ0) is 15.8. The third-order valence-electron chi connectivity index (χ3n) is 4.55. The Labute approximate surface area is 131 Å². The fourth-order valence-electron chi connectivity index (χ4n) is 3.50. The molecule has 1 aliphatic heterocycles. The summed E-state index contributed by atoms with van der Waals surface area (Å²) in [7, 11) is 0. The van der Waals surface area contributed by atoms with E-state index in [0.717, 1.165) is 31.3 Å².